The lowest BCUT2D eigenvalue weighted by Crippen LogP contribution is -2.54. The molecule has 137 heavy (non-hydrogen) atoms. The van der Waals surface area contributed by atoms with E-state index in [9.17, 15) is 116 Å². The molecule has 762 valence electrons. The number of rotatable bonds is 71. The minimum atomic E-state index is -5.62. The van der Waals surface area contributed by atoms with Crippen LogP contribution in [-0.2, 0) is 106 Å². The molecule has 1 aromatic heterocycles. The summed E-state index contributed by atoms with van der Waals surface area (Å²) in [4.78, 5) is 246. The van der Waals surface area contributed by atoms with Gasteiger partial charge in [-0.1, -0.05) is 55.7 Å². The Labute approximate surface area is 800 Å². The standard InChI is InChI=1S/C89H137N17O28P2S/c1-61-16-6-7-18-68(61)105-88(123)101-66-31-26-62(27-32-66)56-79(113)103-71(20-9-11-40-93-74(108)33-28-63-17-14-39-92-58-63)86(121)104-70(21-13-23-81(115)116)85(120)100-41-10-4-2-3-5-22-73(107)94-44-48-131-52-53-132-49-45-95-75(109)34-35-76(110)96-46-50-133-54-55-134-51-47-97-77(111)36-37-78(112)102-69(82(91)117)19-8-12-42-99-84(119)67(90)60-137-72-57-80(114)106(87(72)122)59-64-24-29-65(30-25-64)83(118)98-43-15-38-89(124,135(125,126)127)136(128,129)130/h6-7,14,16-18,26-28,31-33,39,58,64-65,67,69-72,124H,2-5,8-13,15,19-25,29-30,34-38,40-57,59-60,90H2,1H3,(H2,91,117)(H,93,108)(H,94,107)(H,95,109)(H,96,110)(H,97,111)(H,98,118)(H,99,119)(H,100,120)(H,102,112)(H,103,113)(H,104,121)(H,115,116)(H2,101,105,123)(H2,125,126,127)(H2,128,129,130)/b33-28+/t64?,65?,67-,69+,70+,71+,72?/m1/s1. The normalized spacial score (nSPS) is 15.3. The summed E-state index contributed by atoms with van der Waals surface area (Å²) in [5.41, 5.74) is 15.0. The fourth-order valence-electron chi connectivity index (χ4n) is 14.2. The molecular weight excluding hydrogens is 1850 g/mol. The molecule has 16 amide bonds. The summed E-state index contributed by atoms with van der Waals surface area (Å²) in [6.07, 6.45) is 11.5. The van der Waals surface area contributed by atoms with E-state index in [2.05, 4.69) is 74.1 Å². The third kappa shape index (κ3) is 48.9. The van der Waals surface area contributed by atoms with E-state index in [1.54, 1.807) is 67.0 Å². The van der Waals surface area contributed by atoms with Crippen molar-refractivity contribution in [3.8, 4) is 0 Å². The molecule has 0 radical (unpaired) electrons. The van der Waals surface area contributed by atoms with Crippen molar-refractivity contribution >= 4 is 139 Å². The van der Waals surface area contributed by atoms with Crippen LogP contribution in [0.15, 0.2) is 79.1 Å². The maximum absolute atomic E-state index is 14.0. The van der Waals surface area contributed by atoms with Gasteiger partial charge in [0.15, 0.2) is 0 Å². The van der Waals surface area contributed by atoms with Gasteiger partial charge in [-0.25, -0.2) is 4.79 Å². The average Bonchev–Trinajstić information content (AvgIpc) is 1.01. The van der Waals surface area contributed by atoms with E-state index in [4.69, 9.17) is 30.4 Å². The first kappa shape index (κ1) is 117. The number of carboxylic acid groups (broad SMARTS) is 1. The van der Waals surface area contributed by atoms with Crippen LogP contribution in [0.25, 0.3) is 6.08 Å². The molecule has 5 atom stereocenters. The lowest BCUT2D eigenvalue weighted by atomic mass is 9.81. The molecular formula is C89H137N17O28P2S. The number of carbonyl (C=O) groups excluding carboxylic acids is 15. The highest BCUT2D eigenvalue weighted by Crippen LogP contribution is 2.69. The Bertz CT molecular complexity index is 4470. The van der Waals surface area contributed by atoms with Gasteiger partial charge in [0, 0.05) is 152 Å². The number of benzene rings is 2. The number of nitrogens with zero attached hydrogens (tertiary/aromatic N) is 2. The molecule has 2 aliphatic rings. The average molecular weight is 1990 g/mol. The fourth-order valence-corrected chi connectivity index (χ4v) is 17.6. The summed E-state index contributed by atoms with van der Waals surface area (Å²) < 4.78 is 45.1. The molecule has 2 heterocycles. The van der Waals surface area contributed by atoms with Gasteiger partial charge in [-0.05, 0) is 156 Å². The van der Waals surface area contributed by atoms with E-state index in [1.165, 1.54) is 11.0 Å². The van der Waals surface area contributed by atoms with Crippen LogP contribution in [0.1, 0.15) is 184 Å². The number of primary amides is 1. The van der Waals surface area contributed by atoms with Gasteiger partial charge >= 0.3 is 27.2 Å². The number of urea groups is 1. The van der Waals surface area contributed by atoms with Crippen LogP contribution in [-0.4, -0.2) is 286 Å². The minimum Gasteiger partial charge on any atom is -0.481 e. The second-order valence-corrected chi connectivity index (χ2v) is 38.3. The molecule has 1 saturated carbocycles. The first-order valence-corrected chi connectivity index (χ1v) is 50.4. The number of imide groups is 1. The van der Waals surface area contributed by atoms with Crippen molar-refractivity contribution in [2.45, 2.75) is 215 Å². The third-order valence-corrected chi connectivity index (χ3v) is 27.2. The molecule has 1 aliphatic carbocycles. The lowest BCUT2D eigenvalue weighted by Gasteiger charge is -2.30. The number of carbonyl (C=O) groups is 16. The van der Waals surface area contributed by atoms with Crippen molar-refractivity contribution in [3.05, 3.63) is 95.8 Å². The van der Waals surface area contributed by atoms with Gasteiger partial charge in [-0.15, -0.1) is 11.8 Å². The Kier molecular flexibility index (Phi) is 55.5. The summed E-state index contributed by atoms with van der Waals surface area (Å²) in [6, 6.07) is 12.7. The van der Waals surface area contributed by atoms with Gasteiger partial charge in [0.05, 0.1) is 70.6 Å². The number of aryl methyl sites for hydroxylation is 1. The van der Waals surface area contributed by atoms with Gasteiger partial charge < -0.3 is 129 Å². The number of hydrogen-bond donors (Lipinski definition) is 21. The first-order valence-electron chi connectivity index (χ1n) is 46.2. The number of hydrogen-bond acceptors (Lipinski definition) is 26. The van der Waals surface area contributed by atoms with Crippen LogP contribution in [0.4, 0.5) is 16.2 Å². The first-order chi connectivity index (χ1) is 65.4. The van der Waals surface area contributed by atoms with E-state index in [1.807, 2.05) is 19.1 Å². The van der Waals surface area contributed by atoms with Gasteiger partial charge in [-0.2, -0.15) is 0 Å². The van der Waals surface area contributed by atoms with Crippen LogP contribution in [0.2, 0.25) is 0 Å². The highest BCUT2D eigenvalue weighted by molar-refractivity contribution is 8.00. The maximum atomic E-state index is 14.0. The molecule has 3 aromatic rings. The number of pyridine rings is 1. The van der Waals surface area contributed by atoms with Crippen LogP contribution >= 0.6 is 27.0 Å². The Morgan fingerprint density at radius 1 is 0.533 bits per heavy atom. The number of nitrogens with one attached hydrogen (secondary N) is 13. The summed E-state index contributed by atoms with van der Waals surface area (Å²) in [7, 11) is -11.2. The zero-order chi connectivity index (χ0) is 100. The predicted molar refractivity (Wildman–Crippen MR) is 504 cm³/mol. The van der Waals surface area contributed by atoms with Crippen molar-refractivity contribution < 1.29 is 135 Å². The number of likely N-dealkylation sites (tertiary alicyclic amines) is 1. The number of aromatic nitrogens is 1. The van der Waals surface area contributed by atoms with E-state index in [-0.39, 0.29) is 223 Å². The summed E-state index contributed by atoms with van der Waals surface area (Å²) in [5.74, 6) is -7.93. The molecule has 0 spiro atoms. The zero-order valence-corrected chi connectivity index (χ0v) is 80.1. The molecule has 0 bridgehead atoms. The van der Waals surface area contributed by atoms with Crippen LogP contribution in [0.5, 0.6) is 0 Å². The number of amides is 16. The van der Waals surface area contributed by atoms with Gasteiger partial charge in [-0.3, -0.25) is 90.9 Å². The third-order valence-electron chi connectivity index (χ3n) is 22.0. The van der Waals surface area contributed by atoms with Crippen molar-refractivity contribution in [1.82, 2.24) is 68.4 Å². The number of unbranched alkanes of at least 4 members (excludes halogenated alkanes) is 6. The summed E-state index contributed by atoms with van der Waals surface area (Å²) in [5, 5.41) is 50.4. The van der Waals surface area contributed by atoms with E-state index >= 15 is 0 Å². The largest absolute Gasteiger partial charge is 0.481 e. The number of aliphatic hydroxyl groups is 1. The summed E-state index contributed by atoms with van der Waals surface area (Å²) >= 11 is 1.08. The molecule has 48 heteroatoms. The Morgan fingerprint density at radius 2 is 1.04 bits per heavy atom. The van der Waals surface area contributed by atoms with Gasteiger partial charge in [0.1, 0.15) is 18.1 Å². The monoisotopic (exact) mass is 1990 g/mol. The molecule has 45 nitrogen and oxygen atoms in total. The quantitative estimate of drug-likeness (QED) is 0.0165. The highest BCUT2D eigenvalue weighted by Gasteiger charge is 2.58. The SMILES string of the molecule is Cc1ccccc1NC(=O)Nc1ccc(CC(=O)N[C@@H](CCCCNC(=O)/C=C/c2cccnc2)C(=O)N[C@@H](CCCC(=O)O)C(=O)NCCCCCCCC(=O)NCCOCCOCCNC(=O)CCC(=O)NCCOCCOCCNC(=O)CCC(=O)N[C@@H](CCCCNC(=O)[C@H](N)CSC2CC(=O)N(CC3CCC(C(=O)NCCCC(O)(P(=O)(O)O)P(=O)(O)O)CC3)C2=O)C(N)=O)cc1. The number of carboxylic acids is 1. The predicted octanol–water partition coefficient (Wildman–Crippen LogP) is 1.50. The second kappa shape index (κ2) is 65.2. The maximum Gasteiger partial charge on any atom is 0.369 e. The number of thioether (sulfide) groups is 1. The Balaban J connectivity index is 0.801. The molecule has 2 fully saturated rings. The molecule has 5 rings (SSSR count). The molecule has 23 N–H and O–H groups in total. The van der Waals surface area contributed by atoms with Crippen molar-refractivity contribution in [2.24, 2.45) is 23.3 Å². The second-order valence-electron chi connectivity index (χ2n) is 33.1. The van der Waals surface area contributed by atoms with Crippen LogP contribution in [0, 0.1) is 18.8 Å². The number of aliphatic carboxylic acids is 1. The van der Waals surface area contributed by atoms with E-state index in [0.29, 0.717) is 94.1 Å². The number of anilines is 2. The summed E-state index contributed by atoms with van der Waals surface area (Å²) in [6.45, 7) is 4.95. The van der Waals surface area contributed by atoms with E-state index < -0.39 is 127 Å². The van der Waals surface area contributed by atoms with Crippen LogP contribution in [0.3, 0.4) is 0 Å². The zero-order valence-electron chi connectivity index (χ0n) is 77.5. The highest BCUT2D eigenvalue weighted by atomic mass is 32.2. The topological polar surface area (TPSA) is 690 Å². The van der Waals surface area contributed by atoms with Crippen LogP contribution < -0.4 is 80.6 Å². The molecule has 1 saturated heterocycles. The smallest absolute Gasteiger partial charge is 0.369 e. The van der Waals surface area contributed by atoms with Gasteiger partial charge in [0.25, 0.3) is 5.08 Å². The number of ether oxygens (including phenoxy) is 4. The Hall–Kier alpha value is -10.7. The molecule has 2 aromatic carbocycles. The van der Waals surface area contributed by atoms with Crippen molar-refractivity contribution in [1.29, 1.82) is 0 Å². The number of nitrogens with two attached hydrogens (primary N) is 2. The lowest BCUT2D eigenvalue weighted by molar-refractivity contribution is -0.140. The van der Waals surface area contributed by atoms with E-state index in [0.717, 1.165) is 42.2 Å². The minimum absolute atomic E-state index is 0.0100. The van der Waals surface area contributed by atoms with Crippen molar-refractivity contribution in [2.75, 3.05) is 128 Å². The molecule has 1 unspecified atom stereocenters. The van der Waals surface area contributed by atoms with Crippen molar-refractivity contribution in [3.63, 3.8) is 0 Å². The number of para-hydroxylation sites is 1. The fraction of sp³-hybridized carbons (Fsp3) is 0.607. The molecule has 1 aliphatic heterocycles. The van der Waals surface area contributed by atoms with Gasteiger partial charge in [0.2, 0.25) is 82.7 Å². The Morgan fingerprint density at radius 3 is 1.61 bits per heavy atom.